The highest BCUT2D eigenvalue weighted by Gasteiger charge is 2.47. The summed E-state index contributed by atoms with van der Waals surface area (Å²) in [5.74, 6) is 1.06. The third kappa shape index (κ3) is 1.52. The molecule has 1 aliphatic heterocycles. The number of aromatic nitrogens is 1. The summed E-state index contributed by atoms with van der Waals surface area (Å²) in [4.78, 5) is 17.2. The van der Waals surface area contributed by atoms with Crippen molar-refractivity contribution in [3.05, 3.63) is 36.0 Å². The van der Waals surface area contributed by atoms with E-state index in [4.69, 9.17) is 4.74 Å². The average molecular weight is 267 g/mol. The number of rotatable bonds is 0. The molecule has 2 aliphatic rings. The van der Waals surface area contributed by atoms with Crippen molar-refractivity contribution in [1.29, 1.82) is 0 Å². The molecule has 2 atom stereocenters. The Labute approximate surface area is 118 Å². The molecule has 0 spiro atoms. The highest BCUT2D eigenvalue weighted by molar-refractivity contribution is 5.99. The second-order valence-corrected chi connectivity index (χ2v) is 6.05. The zero-order valence-corrected chi connectivity index (χ0v) is 11.6. The molecule has 2 unspecified atom stereocenters. The topological polar surface area (TPSA) is 39.2 Å². The van der Waals surface area contributed by atoms with Gasteiger partial charge in [-0.3, -0.25) is 9.78 Å². The molecule has 3 nitrogen and oxygen atoms in total. The van der Waals surface area contributed by atoms with Gasteiger partial charge in [0, 0.05) is 17.1 Å². The summed E-state index contributed by atoms with van der Waals surface area (Å²) in [5.41, 5.74) is 1.25. The first-order chi connectivity index (χ1) is 9.69. The third-order valence-electron chi connectivity index (χ3n) is 4.70. The average Bonchev–Trinajstić information content (AvgIpc) is 2.56. The highest BCUT2D eigenvalue weighted by Crippen LogP contribution is 2.47. The molecule has 0 N–H and O–H groups in total. The van der Waals surface area contributed by atoms with Crippen LogP contribution in [0.2, 0.25) is 0 Å². The number of carbonyl (C=O) groups excluding carboxylic acids is 1. The van der Waals surface area contributed by atoms with Gasteiger partial charge in [-0.1, -0.05) is 24.6 Å². The summed E-state index contributed by atoms with van der Waals surface area (Å²) in [6.45, 7) is 1.94. The third-order valence-corrected chi connectivity index (χ3v) is 4.70. The number of hydrogen-bond acceptors (Lipinski definition) is 3. The number of hydrogen-bond donors (Lipinski definition) is 0. The molecule has 2 aromatic rings. The van der Waals surface area contributed by atoms with Crippen molar-refractivity contribution in [2.75, 3.05) is 0 Å². The second kappa shape index (κ2) is 4.05. The van der Waals surface area contributed by atoms with Crippen LogP contribution in [0.4, 0.5) is 0 Å². The Morgan fingerprint density at radius 1 is 1.30 bits per heavy atom. The summed E-state index contributed by atoms with van der Waals surface area (Å²) < 4.78 is 6.18. The molecule has 3 heteroatoms. The van der Waals surface area contributed by atoms with Gasteiger partial charge in [0.1, 0.15) is 5.52 Å². The van der Waals surface area contributed by atoms with E-state index in [-0.39, 0.29) is 11.7 Å². The number of carbonyl (C=O) groups is 1. The number of nitrogens with zero attached hydrogens (tertiary/aromatic N) is 1. The molecular formula is C17H17NO2. The van der Waals surface area contributed by atoms with Crippen LogP contribution >= 0.6 is 0 Å². The molecule has 0 radical (unpaired) electrons. The first kappa shape index (κ1) is 11.9. The molecular weight excluding hydrogens is 250 g/mol. The number of ketones is 1. The van der Waals surface area contributed by atoms with E-state index in [0.29, 0.717) is 0 Å². The van der Waals surface area contributed by atoms with Gasteiger partial charge >= 0.3 is 0 Å². The van der Waals surface area contributed by atoms with Gasteiger partial charge in [0.15, 0.2) is 17.1 Å². The molecule has 4 rings (SSSR count). The van der Waals surface area contributed by atoms with Crippen LogP contribution in [0.1, 0.15) is 44.1 Å². The highest BCUT2D eigenvalue weighted by atomic mass is 16.5. The number of Topliss-reactive ketones (excluding diaryl/α,β-unsaturated/α-hetero) is 1. The lowest BCUT2D eigenvalue weighted by molar-refractivity contribution is -0.136. The predicted molar refractivity (Wildman–Crippen MR) is 77.0 cm³/mol. The lowest BCUT2D eigenvalue weighted by Gasteiger charge is -2.37. The van der Waals surface area contributed by atoms with Crippen LogP contribution in [0.5, 0.6) is 5.75 Å². The SMILES string of the molecule is CC12CCCCC(C1=O)c1ccc3cccnc3c1O2. The Morgan fingerprint density at radius 3 is 3.10 bits per heavy atom. The fraction of sp³-hybridized carbons (Fsp3) is 0.412. The van der Waals surface area contributed by atoms with Gasteiger partial charge in [-0.05, 0) is 32.3 Å². The Balaban J connectivity index is 2.01. The molecule has 1 aromatic carbocycles. The zero-order chi connectivity index (χ0) is 13.7. The van der Waals surface area contributed by atoms with E-state index < -0.39 is 5.60 Å². The maximum atomic E-state index is 12.7. The van der Waals surface area contributed by atoms with Gasteiger partial charge in [-0.15, -0.1) is 0 Å². The molecule has 1 aliphatic carbocycles. The lowest BCUT2D eigenvalue weighted by Crippen LogP contribution is -2.46. The monoisotopic (exact) mass is 267 g/mol. The minimum atomic E-state index is -0.667. The van der Waals surface area contributed by atoms with E-state index in [1.54, 1.807) is 6.20 Å². The Morgan fingerprint density at radius 2 is 2.20 bits per heavy atom. The normalized spacial score (nSPS) is 28.6. The maximum Gasteiger partial charge on any atom is 0.183 e. The Kier molecular flexibility index (Phi) is 2.40. The molecule has 1 saturated carbocycles. The van der Waals surface area contributed by atoms with Crippen molar-refractivity contribution in [2.24, 2.45) is 0 Å². The fourth-order valence-electron chi connectivity index (χ4n) is 3.57. The van der Waals surface area contributed by atoms with Crippen molar-refractivity contribution in [3.8, 4) is 5.75 Å². The van der Waals surface area contributed by atoms with Gasteiger partial charge in [-0.2, -0.15) is 0 Å². The standard InChI is InChI=1S/C17H17NO2/c1-17-9-3-2-6-13(16(17)19)12-8-7-11-5-4-10-18-14(11)15(12)20-17/h4-5,7-8,10,13H,2-3,6,9H2,1H3. The summed E-state index contributed by atoms with van der Waals surface area (Å²) in [5, 5.41) is 1.07. The van der Waals surface area contributed by atoms with Crippen LogP contribution in [-0.4, -0.2) is 16.4 Å². The molecule has 0 saturated heterocycles. The minimum Gasteiger partial charge on any atom is -0.477 e. The van der Waals surface area contributed by atoms with Crippen molar-refractivity contribution in [3.63, 3.8) is 0 Å². The first-order valence-electron chi connectivity index (χ1n) is 7.30. The molecule has 2 bridgehead atoms. The summed E-state index contributed by atoms with van der Waals surface area (Å²) >= 11 is 0. The fourth-order valence-corrected chi connectivity index (χ4v) is 3.57. The van der Waals surface area contributed by atoms with Crippen LogP contribution in [0, 0.1) is 0 Å². The minimum absolute atomic E-state index is 0.0161. The number of ether oxygens (including phenoxy) is 1. The van der Waals surface area contributed by atoms with E-state index in [9.17, 15) is 4.79 Å². The summed E-state index contributed by atoms with van der Waals surface area (Å²) in [7, 11) is 0. The Hall–Kier alpha value is -1.90. The Bertz CT molecular complexity index is 709. The smallest absolute Gasteiger partial charge is 0.183 e. The van der Waals surface area contributed by atoms with E-state index in [1.807, 2.05) is 31.2 Å². The van der Waals surface area contributed by atoms with Crippen molar-refractivity contribution < 1.29 is 9.53 Å². The first-order valence-corrected chi connectivity index (χ1v) is 7.30. The van der Waals surface area contributed by atoms with Gasteiger partial charge in [-0.25, -0.2) is 0 Å². The van der Waals surface area contributed by atoms with Gasteiger partial charge < -0.3 is 4.74 Å². The lowest BCUT2D eigenvalue weighted by atomic mass is 9.81. The second-order valence-electron chi connectivity index (χ2n) is 6.05. The van der Waals surface area contributed by atoms with E-state index in [1.165, 1.54) is 0 Å². The maximum absolute atomic E-state index is 12.7. The van der Waals surface area contributed by atoms with Gasteiger partial charge in [0.25, 0.3) is 0 Å². The number of pyridine rings is 1. The largest absolute Gasteiger partial charge is 0.477 e. The molecule has 0 amide bonds. The quantitative estimate of drug-likeness (QED) is 0.732. The van der Waals surface area contributed by atoms with E-state index >= 15 is 0 Å². The zero-order valence-electron chi connectivity index (χ0n) is 11.6. The predicted octanol–water partition coefficient (Wildman–Crippen LogP) is 3.61. The van der Waals surface area contributed by atoms with Crippen LogP contribution in [-0.2, 0) is 4.79 Å². The van der Waals surface area contributed by atoms with Crippen molar-refractivity contribution in [1.82, 2.24) is 4.98 Å². The number of benzene rings is 1. The number of fused-ring (bicyclic) bond motifs is 6. The van der Waals surface area contributed by atoms with Gasteiger partial charge in [0.05, 0.1) is 5.92 Å². The van der Waals surface area contributed by atoms with Crippen LogP contribution in [0.3, 0.4) is 0 Å². The summed E-state index contributed by atoms with van der Waals surface area (Å²) in [6.07, 6.45) is 5.68. The van der Waals surface area contributed by atoms with Crippen LogP contribution in [0.15, 0.2) is 30.5 Å². The molecule has 1 aromatic heterocycles. The summed E-state index contributed by atoms with van der Waals surface area (Å²) in [6, 6.07) is 8.06. The van der Waals surface area contributed by atoms with Gasteiger partial charge in [0.2, 0.25) is 0 Å². The van der Waals surface area contributed by atoms with Crippen molar-refractivity contribution >= 4 is 16.7 Å². The van der Waals surface area contributed by atoms with Crippen LogP contribution < -0.4 is 4.74 Å². The van der Waals surface area contributed by atoms with Crippen molar-refractivity contribution in [2.45, 2.75) is 44.1 Å². The molecule has 2 heterocycles. The molecule has 20 heavy (non-hydrogen) atoms. The molecule has 102 valence electrons. The van der Waals surface area contributed by atoms with E-state index in [2.05, 4.69) is 4.98 Å². The van der Waals surface area contributed by atoms with Crippen LogP contribution in [0.25, 0.3) is 10.9 Å². The molecule has 1 fully saturated rings. The van der Waals surface area contributed by atoms with E-state index in [0.717, 1.165) is 47.9 Å².